The minimum absolute atomic E-state index is 0.0752. The molecule has 4 rings (SSSR count). The van der Waals surface area contributed by atoms with E-state index in [4.69, 9.17) is 0 Å². The van der Waals surface area contributed by atoms with Gasteiger partial charge in [-0.2, -0.15) is 0 Å². The number of rotatable bonds is 11. The zero-order valence-corrected chi connectivity index (χ0v) is 22.5. The molecule has 198 valence electrons. The van der Waals surface area contributed by atoms with Crippen LogP contribution in [0.15, 0.2) is 24.3 Å². The van der Waals surface area contributed by atoms with Crippen molar-refractivity contribution in [3.8, 4) is 0 Å². The lowest BCUT2D eigenvalue weighted by molar-refractivity contribution is 0.0354. The first-order chi connectivity index (χ1) is 16.9. The van der Waals surface area contributed by atoms with Gasteiger partial charge in [-0.25, -0.2) is 0 Å². The molecule has 0 bridgehead atoms. The van der Waals surface area contributed by atoms with Gasteiger partial charge >= 0.3 is 0 Å². The number of nitrogens with zero attached hydrogens (tertiary/aromatic N) is 1. The second-order valence-corrected chi connectivity index (χ2v) is 12.3. The second kappa shape index (κ2) is 12.9. The number of aliphatic hydroxyl groups excluding tert-OH is 1. The highest BCUT2D eigenvalue weighted by Crippen LogP contribution is 2.38. The fourth-order valence-electron chi connectivity index (χ4n) is 6.35. The lowest BCUT2D eigenvalue weighted by Crippen LogP contribution is -2.54. The van der Waals surface area contributed by atoms with Crippen LogP contribution >= 0.6 is 0 Å². The van der Waals surface area contributed by atoms with Gasteiger partial charge < -0.3 is 26.4 Å². The Morgan fingerprint density at radius 2 is 1.77 bits per heavy atom. The molecule has 1 aromatic rings. The van der Waals surface area contributed by atoms with Crippen LogP contribution in [0.3, 0.4) is 0 Å². The highest BCUT2D eigenvalue weighted by Gasteiger charge is 2.36. The standard InChI is InChI=1S/C29H51N5O/c1-29(2,3)32-19-25-17-22-9-4-5-11-24(22)21-34(25)16-8-13-30-14-15-31-20-27-28(35)18-23-10-6-7-12-26(23)33-27/h6-7,10,12,22,24-25,27-28,30-33,35H,4-5,8-9,11,13-21H2,1-3H3. The van der Waals surface area contributed by atoms with Crippen LogP contribution in [0.5, 0.6) is 0 Å². The number of aliphatic hydroxyl groups is 1. The van der Waals surface area contributed by atoms with E-state index >= 15 is 0 Å². The first-order valence-corrected chi connectivity index (χ1v) is 14.3. The quantitative estimate of drug-likeness (QED) is 0.310. The van der Waals surface area contributed by atoms with Crippen LogP contribution < -0.4 is 21.3 Å². The van der Waals surface area contributed by atoms with Crippen molar-refractivity contribution in [3.05, 3.63) is 29.8 Å². The number of hydrogen-bond donors (Lipinski definition) is 5. The van der Waals surface area contributed by atoms with E-state index in [2.05, 4.69) is 65.1 Å². The zero-order valence-electron chi connectivity index (χ0n) is 22.5. The molecule has 5 unspecified atom stereocenters. The second-order valence-electron chi connectivity index (χ2n) is 12.3. The molecule has 1 saturated heterocycles. The first-order valence-electron chi connectivity index (χ1n) is 14.3. The number of hydrogen-bond acceptors (Lipinski definition) is 6. The zero-order chi connectivity index (χ0) is 24.7. The monoisotopic (exact) mass is 485 g/mol. The SMILES string of the molecule is CC(C)(C)NCC1CC2CCCCC2CN1CCCNCCNCC1Nc2ccccc2CC1O. The van der Waals surface area contributed by atoms with E-state index in [0.29, 0.717) is 6.04 Å². The average Bonchev–Trinajstić information content (AvgIpc) is 2.83. The highest BCUT2D eigenvalue weighted by molar-refractivity contribution is 5.54. The summed E-state index contributed by atoms with van der Waals surface area (Å²) in [6.45, 7) is 14.2. The molecule has 1 aliphatic carbocycles. The molecule has 1 aromatic carbocycles. The molecule has 2 aliphatic heterocycles. The van der Waals surface area contributed by atoms with Crippen molar-refractivity contribution >= 4 is 5.69 Å². The topological polar surface area (TPSA) is 71.6 Å². The van der Waals surface area contributed by atoms with Gasteiger partial charge in [0.15, 0.2) is 0 Å². The minimum atomic E-state index is -0.334. The van der Waals surface area contributed by atoms with Crippen molar-refractivity contribution in [2.75, 3.05) is 51.1 Å². The smallest absolute Gasteiger partial charge is 0.0794 e. The van der Waals surface area contributed by atoms with Gasteiger partial charge in [0.25, 0.3) is 0 Å². The summed E-state index contributed by atoms with van der Waals surface area (Å²) in [7, 11) is 0. The van der Waals surface area contributed by atoms with Crippen molar-refractivity contribution in [2.45, 2.75) is 89.4 Å². The fourth-order valence-corrected chi connectivity index (χ4v) is 6.35. The summed E-state index contributed by atoms with van der Waals surface area (Å²) in [6.07, 6.45) is 8.78. The van der Waals surface area contributed by atoms with Crippen molar-refractivity contribution < 1.29 is 5.11 Å². The largest absolute Gasteiger partial charge is 0.391 e. The third kappa shape index (κ3) is 8.16. The van der Waals surface area contributed by atoms with Crippen molar-refractivity contribution in [1.82, 2.24) is 20.9 Å². The van der Waals surface area contributed by atoms with Crippen LogP contribution in [-0.2, 0) is 6.42 Å². The van der Waals surface area contributed by atoms with Gasteiger partial charge in [-0.15, -0.1) is 0 Å². The van der Waals surface area contributed by atoms with Crippen LogP contribution in [0.25, 0.3) is 0 Å². The molecule has 2 heterocycles. The lowest BCUT2D eigenvalue weighted by atomic mass is 9.73. The Morgan fingerprint density at radius 1 is 1.00 bits per heavy atom. The molecule has 0 radical (unpaired) electrons. The Hall–Kier alpha value is -1.18. The van der Waals surface area contributed by atoms with Crippen LogP contribution in [0.1, 0.15) is 64.9 Å². The molecule has 0 aromatic heterocycles. The van der Waals surface area contributed by atoms with Crippen LogP contribution in [0, 0.1) is 11.8 Å². The number of para-hydroxylation sites is 1. The molecule has 3 aliphatic rings. The Labute approximate surface area is 214 Å². The molecule has 2 fully saturated rings. The molecule has 1 saturated carbocycles. The first kappa shape index (κ1) is 26.9. The van der Waals surface area contributed by atoms with Gasteiger partial charge in [0.05, 0.1) is 12.1 Å². The normalized spacial score (nSPS) is 29.3. The summed E-state index contributed by atoms with van der Waals surface area (Å²) in [4.78, 5) is 2.80. The van der Waals surface area contributed by atoms with E-state index in [1.807, 2.05) is 6.07 Å². The summed E-state index contributed by atoms with van der Waals surface area (Å²) in [5, 5.41) is 24.9. The van der Waals surface area contributed by atoms with E-state index < -0.39 is 0 Å². The molecule has 6 nitrogen and oxygen atoms in total. The third-order valence-electron chi connectivity index (χ3n) is 8.39. The molecular weight excluding hydrogens is 434 g/mol. The summed E-state index contributed by atoms with van der Waals surface area (Å²) >= 11 is 0. The van der Waals surface area contributed by atoms with Gasteiger partial charge in [0.1, 0.15) is 0 Å². The Kier molecular flexibility index (Phi) is 9.88. The summed E-state index contributed by atoms with van der Waals surface area (Å²) in [6, 6.07) is 9.06. The molecule has 6 heteroatoms. The van der Waals surface area contributed by atoms with Crippen molar-refractivity contribution in [1.29, 1.82) is 0 Å². The maximum atomic E-state index is 10.5. The molecule has 5 atom stereocenters. The van der Waals surface area contributed by atoms with Crippen LogP contribution in [0.4, 0.5) is 5.69 Å². The van der Waals surface area contributed by atoms with Gasteiger partial charge in [0.2, 0.25) is 0 Å². The lowest BCUT2D eigenvalue weighted by Gasteiger charge is -2.47. The number of fused-ring (bicyclic) bond motifs is 2. The minimum Gasteiger partial charge on any atom is -0.391 e. The summed E-state index contributed by atoms with van der Waals surface area (Å²) < 4.78 is 0. The van der Waals surface area contributed by atoms with E-state index in [9.17, 15) is 5.11 Å². The van der Waals surface area contributed by atoms with E-state index in [-0.39, 0.29) is 17.7 Å². The number of piperidine rings is 1. The Balaban J connectivity index is 1.11. The van der Waals surface area contributed by atoms with E-state index in [0.717, 1.165) is 56.7 Å². The maximum absolute atomic E-state index is 10.5. The van der Waals surface area contributed by atoms with Crippen LogP contribution in [-0.4, -0.2) is 79.5 Å². The van der Waals surface area contributed by atoms with Gasteiger partial charge in [-0.3, -0.25) is 4.90 Å². The predicted molar refractivity (Wildman–Crippen MR) is 147 cm³/mol. The maximum Gasteiger partial charge on any atom is 0.0794 e. The number of anilines is 1. The molecule has 0 amide bonds. The highest BCUT2D eigenvalue weighted by atomic mass is 16.3. The average molecular weight is 486 g/mol. The molecule has 5 N–H and O–H groups in total. The summed E-state index contributed by atoms with van der Waals surface area (Å²) in [5.74, 6) is 1.89. The van der Waals surface area contributed by atoms with Crippen molar-refractivity contribution in [3.63, 3.8) is 0 Å². The van der Waals surface area contributed by atoms with E-state index in [1.165, 1.54) is 57.2 Å². The predicted octanol–water partition coefficient (Wildman–Crippen LogP) is 3.22. The fraction of sp³-hybridized carbons (Fsp3) is 0.793. The third-order valence-corrected chi connectivity index (χ3v) is 8.39. The summed E-state index contributed by atoms with van der Waals surface area (Å²) in [5.41, 5.74) is 2.56. The van der Waals surface area contributed by atoms with Crippen molar-refractivity contribution in [2.24, 2.45) is 11.8 Å². The number of likely N-dealkylation sites (tertiary alicyclic amines) is 1. The van der Waals surface area contributed by atoms with Gasteiger partial charge in [-0.05, 0) is 76.6 Å². The van der Waals surface area contributed by atoms with Gasteiger partial charge in [0, 0.05) is 56.4 Å². The van der Waals surface area contributed by atoms with E-state index in [1.54, 1.807) is 0 Å². The molecular formula is C29H51N5O. The number of nitrogens with one attached hydrogen (secondary N) is 4. The molecule has 35 heavy (non-hydrogen) atoms. The van der Waals surface area contributed by atoms with Crippen LogP contribution in [0.2, 0.25) is 0 Å². The van der Waals surface area contributed by atoms with Gasteiger partial charge in [-0.1, -0.05) is 37.5 Å². The Bertz CT molecular complexity index is 766. The number of benzene rings is 1. The Morgan fingerprint density at radius 3 is 2.60 bits per heavy atom. The molecule has 0 spiro atoms.